The Hall–Kier alpha value is -3.53. The Morgan fingerprint density at radius 1 is 0.923 bits per heavy atom. The molecule has 0 saturated carbocycles. The average Bonchev–Trinajstić information content (AvgIpc) is 2.98. The Kier molecular flexibility index (Phi) is 9.37. The first-order valence-electron chi connectivity index (χ1n) is 13.2. The summed E-state index contributed by atoms with van der Waals surface area (Å²) in [6, 6.07) is 21.7. The van der Waals surface area contributed by atoms with E-state index >= 15 is 0 Å². The maximum atomic E-state index is 11.5. The Labute approximate surface area is 232 Å². The molecule has 8 nitrogen and oxygen atoms in total. The minimum atomic E-state index is -0.632. The van der Waals surface area contributed by atoms with Crippen LogP contribution in [0.5, 0.6) is 17.2 Å². The van der Waals surface area contributed by atoms with E-state index in [4.69, 9.17) is 14.2 Å². The number of unbranched alkanes of at least 4 members (excludes halogenated alkanes) is 1. The van der Waals surface area contributed by atoms with Gasteiger partial charge in [-0.25, -0.2) is 9.97 Å². The van der Waals surface area contributed by atoms with E-state index in [1.54, 1.807) is 13.4 Å². The van der Waals surface area contributed by atoms with Crippen LogP contribution < -0.4 is 19.5 Å². The smallest absolute Gasteiger partial charge is 0.163 e. The van der Waals surface area contributed by atoms with Gasteiger partial charge in [0.15, 0.2) is 11.5 Å². The van der Waals surface area contributed by atoms with Gasteiger partial charge in [-0.2, -0.15) is 0 Å². The molecule has 1 N–H and O–H groups in total. The van der Waals surface area contributed by atoms with Crippen molar-refractivity contribution in [1.82, 2.24) is 14.9 Å². The van der Waals surface area contributed by atoms with E-state index in [9.17, 15) is 4.55 Å². The highest BCUT2D eigenvalue weighted by Crippen LogP contribution is 2.35. The fraction of sp³-hybridized carbons (Fsp3) is 0.333. The minimum Gasteiger partial charge on any atom is -0.616 e. The molecule has 0 unspecified atom stereocenters. The Balaban J connectivity index is 1.18. The van der Waals surface area contributed by atoms with Gasteiger partial charge in [-0.3, -0.25) is 4.90 Å². The maximum Gasteiger partial charge on any atom is 0.163 e. The van der Waals surface area contributed by atoms with Gasteiger partial charge in [0, 0.05) is 30.2 Å². The van der Waals surface area contributed by atoms with Gasteiger partial charge in [0.2, 0.25) is 0 Å². The van der Waals surface area contributed by atoms with Crippen molar-refractivity contribution in [2.45, 2.75) is 19.4 Å². The number of nitrogens with one attached hydrogen (secondary N) is 1. The van der Waals surface area contributed by atoms with Crippen molar-refractivity contribution in [2.24, 2.45) is 0 Å². The number of nitrogens with zero attached hydrogens (tertiary/aromatic N) is 3. The zero-order chi connectivity index (χ0) is 26.9. The van der Waals surface area contributed by atoms with Gasteiger partial charge in [0.1, 0.15) is 36.0 Å². The van der Waals surface area contributed by atoms with Crippen molar-refractivity contribution in [3.8, 4) is 17.2 Å². The monoisotopic (exact) mass is 546 g/mol. The van der Waals surface area contributed by atoms with E-state index in [1.165, 1.54) is 0 Å². The topological polar surface area (TPSA) is 91.8 Å². The van der Waals surface area contributed by atoms with Crippen LogP contribution in [-0.4, -0.2) is 64.3 Å². The first kappa shape index (κ1) is 27.1. The number of ether oxygens (including phenoxy) is 3. The van der Waals surface area contributed by atoms with Crippen molar-refractivity contribution >= 4 is 33.6 Å². The molecule has 1 saturated heterocycles. The highest BCUT2D eigenvalue weighted by atomic mass is 32.2. The van der Waals surface area contributed by atoms with E-state index in [0.717, 1.165) is 71.9 Å². The molecule has 2 heterocycles. The third kappa shape index (κ3) is 7.53. The molecule has 5 rings (SSSR count). The number of aromatic nitrogens is 2. The standard InChI is InChI=1S/C30H34N4O4S/c1-36-28-19-26-27(20-29(28)37-16-6-5-13-34-14-17-39(35)18-15-34)31-22-32-30(26)33-24-9-11-25(12-10-24)38-21-23-7-3-2-4-8-23/h2-4,7-12,19-20,22H,5-6,13-18,21H2,1H3,(H,31,32,33). The number of methoxy groups -OCH3 is 1. The van der Waals surface area contributed by atoms with E-state index in [0.29, 0.717) is 30.5 Å². The van der Waals surface area contributed by atoms with Crippen molar-refractivity contribution in [3.63, 3.8) is 0 Å². The molecule has 39 heavy (non-hydrogen) atoms. The highest BCUT2D eigenvalue weighted by molar-refractivity contribution is 7.91. The zero-order valence-electron chi connectivity index (χ0n) is 22.2. The SMILES string of the molecule is COc1cc2c(Nc3ccc(OCc4ccccc4)cc3)ncnc2cc1OCCCCN1CC[S+]([O-])CC1. The highest BCUT2D eigenvalue weighted by Gasteiger charge is 2.18. The fourth-order valence-electron chi connectivity index (χ4n) is 4.47. The molecule has 9 heteroatoms. The second kappa shape index (κ2) is 13.5. The van der Waals surface area contributed by atoms with Crippen LogP contribution in [0.25, 0.3) is 10.9 Å². The summed E-state index contributed by atoms with van der Waals surface area (Å²) in [6.45, 7) is 3.98. The molecule has 0 atom stereocenters. The lowest BCUT2D eigenvalue weighted by Gasteiger charge is -2.27. The first-order valence-corrected chi connectivity index (χ1v) is 14.7. The molecule has 4 aromatic rings. The number of hydrogen-bond acceptors (Lipinski definition) is 8. The van der Waals surface area contributed by atoms with Crippen LogP contribution in [0.2, 0.25) is 0 Å². The van der Waals surface area contributed by atoms with Crippen molar-refractivity contribution in [3.05, 3.63) is 78.6 Å². The maximum absolute atomic E-state index is 11.5. The predicted molar refractivity (Wildman–Crippen MR) is 156 cm³/mol. The number of hydrogen-bond donors (Lipinski definition) is 1. The van der Waals surface area contributed by atoms with E-state index in [-0.39, 0.29) is 0 Å². The van der Waals surface area contributed by atoms with Crippen LogP contribution in [-0.2, 0) is 17.8 Å². The predicted octanol–water partition coefficient (Wildman–Crippen LogP) is 5.18. The minimum absolute atomic E-state index is 0.524. The summed E-state index contributed by atoms with van der Waals surface area (Å²) >= 11 is -0.632. The summed E-state index contributed by atoms with van der Waals surface area (Å²) in [7, 11) is 1.64. The van der Waals surface area contributed by atoms with Gasteiger partial charge in [-0.05, 0) is 55.3 Å². The Morgan fingerprint density at radius 3 is 2.49 bits per heavy atom. The molecule has 1 aliphatic rings. The van der Waals surface area contributed by atoms with Crippen LogP contribution in [0.4, 0.5) is 11.5 Å². The van der Waals surface area contributed by atoms with Crippen LogP contribution in [0.1, 0.15) is 18.4 Å². The first-order chi connectivity index (χ1) is 19.2. The van der Waals surface area contributed by atoms with Crippen LogP contribution in [0, 0.1) is 0 Å². The van der Waals surface area contributed by atoms with Crippen LogP contribution in [0.15, 0.2) is 73.1 Å². The normalized spacial score (nSPS) is 14.3. The number of benzene rings is 3. The summed E-state index contributed by atoms with van der Waals surface area (Å²) in [4.78, 5) is 11.3. The van der Waals surface area contributed by atoms with Gasteiger partial charge in [0.25, 0.3) is 0 Å². The van der Waals surface area contributed by atoms with E-state index in [2.05, 4.69) is 20.2 Å². The van der Waals surface area contributed by atoms with Crippen LogP contribution in [0.3, 0.4) is 0 Å². The number of anilines is 2. The Morgan fingerprint density at radius 2 is 1.72 bits per heavy atom. The lowest BCUT2D eigenvalue weighted by molar-refractivity contribution is 0.256. The van der Waals surface area contributed by atoms with E-state index < -0.39 is 11.2 Å². The number of fused-ring (bicyclic) bond motifs is 1. The van der Waals surface area contributed by atoms with Crippen LogP contribution >= 0.6 is 0 Å². The molecule has 0 aliphatic carbocycles. The molecule has 1 aromatic heterocycles. The van der Waals surface area contributed by atoms with Crippen molar-refractivity contribution in [1.29, 1.82) is 0 Å². The quantitative estimate of drug-likeness (QED) is 0.192. The second-order valence-corrected chi connectivity index (χ2v) is 11.1. The average molecular weight is 547 g/mol. The molecular weight excluding hydrogens is 512 g/mol. The lowest BCUT2D eigenvalue weighted by atomic mass is 10.2. The van der Waals surface area contributed by atoms with Gasteiger partial charge in [-0.15, -0.1) is 0 Å². The van der Waals surface area contributed by atoms with Crippen molar-refractivity contribution in [2.75, 3.05) is 50.2 Å². The molecule has 0 bridgehead atoms. The fourth-order valence-corrected chi connectivity index (χ4v) is 5.59. The Bertz CT molecular complexity index is 1330. The molecule has 0 radical (unpaired) electrons. The third-order valence-electron chi connectivity index (χ3n) is 6.68. The second-order valence-electron chi connectivity index (χ2n) is 9.41. The van der Waals surface area contributed by atoms with Gasteiger partial charge < -0.3 is 24.1 Å². The molecular formula is C30H34N4O4S. The number of rotatable bonds is 12. The lowest BCUT2D eigenvalue weighted by Crippen LogP contribution is -2.40. The summed E-state index contributed by atoms with van der Waals surface area (Å²) in [5.41, 5.74) is 2.79. The molecule has 0 spiro atoms. The summed E-state index contributed by atoms with van der Waals surface area (Å²) in [5, 5.41) is 4.23. The van der Waals surface area contributed by atoms with Gasteiger partial charge in [0.05, 0.1) is 19.2 Å². The molecule has 1 fully saturated rings. The van der Waals surface area contributed by atoms with E-state index in [1.807, 2.05) is 66.7 Å². The molecule has 3 aromatic carbocycles. The van der Waals surface area contributed by atoms with Crippen molar-refractivity contribution < 1.29 is 18.8 Å². The molecule has 0 amide bonds. The summed E-state index contributed by atoms with van der Waals surface area (Å²) < 4.78 is 29.1. The van der Waals surface area contributed by atoms with Gasteiger partial charge >= 0.3 is 0 Å². The molecule has 204 valence electrons. The molecule has 1 aliphatic heterocycles. The van der Waals surface area contributed by atoms with Gasteiger partial charge in [-0.1, -0.05) is 41.5 Å². The summed E-state index contributed by atoms with van der Waals surface area (Å²) in [6.07, 6.45) is 3.52. The zero-order valence-corrected chi connectivity index (χ0v) is 23.0. The largest absolute Gasteiger partial charge is 0.616 e. The third-order valence-corrected chi connectivity index (χ3v) is 7.96. The summed E-state index contributed by atoms with van der Waals surface area (Å²) in [5.74, 6) is 4.38.